The van der Waals surface area contributed by atoms with E-state index in [1.807, 2.05) is 0 Å². The van der Waals surface area contributed by atoms with E-state index in [4.69, 9.17) is 4.74 Å². The molecule has 5 aromatic carbocycles. The molecule has 7 aromatic rings. The number of ether oxygens (including phenoxy) is 1. The van der Waals surface area contributed by atoms with Crippen LogP contribution in [0.2, 0.25) is 0 Å². The highest BCUT2D eigenvalue weighted by molar-refractivity contribution is 7.86. The molecule has 0 fully saturated rings. The first kappa shape index (κ1) is 51.1. The number of fused-ring (bicyclic) bond motifs is 2. The number of carboxylic acid groups (broad SMARTS) is 2. The molecule has 71 heavy (non-hydrogen) atoms. The van der Waals surface area contributed by atoms with Gasteiger partial charge in [0.25, 0.3) is 40.5 Å². The van der Waals surface area contributed by atoms with Gasteiger partial charge in [0.15, 0.2) is 11.4 Å². The van der Waals surface area contributed by atoms with Crippen LogP contribution in [0.4, 0.5) is 33.6 Å². The minimum Gasteiger partial charge on any atom is -0.505 e. The average molecular weight is 1080 g/mol. The number of aryl methyl sites for hydroxylation is 1. The molecule has 0 amide bonds. The Morgan fingerprint density at radius 1 is 0.690 bits per heavy atom. The minimum absolute atomic E-state index is 0.0108. The molecule has 0 aliphatic heterocycles. The van der Waals surface area contributed by atoms with E-state index < -0.39 is 118 Å². The Hall–Kier alpha value is -7.76. The van der Waals surface area contributed by atoms with Crippen LogP contribution in [-0.4, -0.2) is 111 Å². The number of nitrogens with zero attached hydrogens (tertiary/aromatic N) is 9. The number of carbonyl (C=O) groups is 2. The molecule has 0 aliphatic rings. The van der Waals surface area contributed by atoms with Crippen LogP contribution in [0.1, 0.15) is 32.8 Å². The summed E-state index contributed by atoms with van der Waals surface area (Å²) in [5.41, 5.74) is -3.36. The highest BCUT2D eigenvalue weighted by atomic mass is 32.2. The lowest BCUT2D eigenvalue weighted by atomic mass is 10.1. The van der Waals surface area contributed by atoms with Crippen LogP contribution in [-0.2, 0) is 40.5 Å². The summed E-state index contributed by atoms with van der Waals surface area (Å²) in [6.07, 6.45) is -0.262. The van der Waals surface area contributed by atoms with Gasteiger partial charge in [-0.05, 0) is 85.6 Å². The molecule has 0 saturated carbocycles. The number of rotatable bonds is 17. The number of hydrogen-bond donors (Lipinski definition) is 8. The number of aromatic hydroxyl groups is 2. The normalized spacial score (nSPS) is 12.8. The average Bonchev–Trinajstić information content (AvgIpc) is 3.84. The number of hydrogen-bond acceptors (Lipinski definition) is 22. The molecule has 0 radical (unpaired) electrons. The first-order chi connectivity index (χ1) is 33.1. The second-order valence-electron chi connectivity index (χ2n) is 14.4. The summed E-state index contributed by atoms with van der Waals surface area (Å²) >= 11 is 1.02. The molecule has 0 spiro atoms. The van der Waals surface area contributed by atoms with Crippen molar-refractivity contribution in [2.24, 2.45) is 30.7 Å². The van der Waals surface area contributed by atoms with E-state index in [0.29, 0.717) is 26.5 Å². The number of carboxylic acids is 2. The van der Waals surface area contributed by atoms with Gasteiger partial charge >= 0.3 is 11.9 Å². The molecule has 0 atom stereocenters. The highest BCUT2D eigenvalue weighted by Gasteiger charge is 2.29. The van der Waals surface area contributed by atoms with E-state index in [1.165, 1.54) is 37.3 Å². The van der Waals surface area contributed by atoms with Crippen LogP contribution in [0.5, 0.6) is 17.4 Å². The third-order valence-corrected chi connectivity index (χ3v) is 14.0. The summed E-state index contributed by atoms with van der Waals surface area (Å²) in [6, 6.07) is 12.7. The molecule has 33 heteroatoms. The monoisotopic (exact) mass is 1080 g/mol. The van der Waals surface area contributed by atoms with Crippen molar-refractivity contribution >= 4 is 118 Å². The molecular formula is C38H29N9O19S5. The van der Waals surface area contributed by atoms with Crippen molar-refractivity contribution in [2.75, 3.05) is 12.4 Å². The predicted molar refractivity (Wildman–Crippen MR) is 244 cm³/mol. The summed E-state index contributed by atoms with van der Waals surface area (Å²) in [6.45, 7) is 1.13. The molecule has 2 heterocycles. The topological polar surface area (TPSA) is 447 Å². The number of aromatic nitrogens is 3. The third-order valence-electron chi connectivity index (χ3n) is 9.58. The Labute approximate surface area is 401 Å². The number of benzene rings is 5. The summed E-state index contributed by atoms with van der Waals surface area (Å²) in [4.78, 5) is 24.7. The van der Waals surface area contributed by atoms with Gasteiger partial charge in [-0.2, -0.15) is 43.5 Å². The van der Waals surface area contributed by atoms with Crippen molar-refractivity contribution in [3.63, 3.8) is 0 Å². The van der Waals surface area contributed by atoms with Crippen molar-refractivity contribution in [1.29, 1.82) is 0 Å². The SMILES string of the molecule is Cc1cc(N=Nc2c(S(=O)(=O)O)cc3c(S(=O)(=O)O)c(N=Nc4c(C(=O)O)nn(-c5ccc(S(=O)(=O)O)cc5)c4O)ccc3c2O)c(OCCCS(=O)(=O)O)cc1N=Nc1nc2ccc(C(=O)O)cc2s1. The van der Waals surface area contributed by atoms with Crippen molar-refractivity contribution in [3.8, 4) is 23.1 Å². The van der Waals surface area contributed by atoms with Crippen LogP contribution < -0.4 is 4.74 Å². The van der Waals surface area contributed by atoms with Gasteiger partial charge in [-0.3, -0.25) is 18.2 Å². The van der Waals surface area contributed by atoms with Crippen LogP contribution >= 0.6 is 11.3 Å². The van der Waals surface area contributed by atoms with Gasteiger partial charge in [0.1, 0.15) is 32.6 Å². The summed E-state index contributed by atoms with van der Waals surface area (Å²) < 4.78 is 143. The maximum Gasteiger partial charge on any atom is 0.358 e. The van der Waals surface area contributed by atoms with Gasteiger partial charge in [0.05, 0.1) is 44.4 Å². The van der Waals surface area contributed by atoms with E-state index in [1.54, 1.807) is 0 Å². The molecule has 0 unspecified atom stereocenters. The Balaban J connectivity index is 1.30. The Morgan fingerprint density at radius 2 is 1.35 bits per heavy atom. The molecule has 2 aromatic heterocycles. The largest absolute Gasteiger partial charge is 0.505 e. The smallest absolute Gasteiger partial charge is 0.358 e. The number of aromatic carboxylic acids is 2. The van der Waals surface area contributed by atoms with Crippen molar-refractivity contribution in [2.45, 2.75) is 28.0 Å². The van der Waals surface area contributed by atoms with Gasteiger partial charge < -0.3 is 25.2 Å². The molecular weight excluding hydrogens is 1050 g/mol. The fourth-order valence-electron chi connectivity index (χ4n) is 6.38. The van der Waals surface area contributed by atoms with Gasteiger partial charge in [-0.25, -0.2) is 14.6 Å². The number of thiazole rings is 1. The van der Waals surface area contributed by atoms with Gasteiger partial charge in [-0.1, -0.05) is 11.3 Å². The van der Waals surface area contributed by atoms with Crippen LogP contribution in [0, 0.1) is 6.92 Å². The van der Waals surface area contributed by atoms with Gasteiger partial charge in [0, 0.05) is 16.8 Å². The standard InChI is InChI=1S/C38H29N9O19S5/c1-17-13-26(27(66-11-2-12-68(54,55)56)16-25(17)41-45-38-39-23-9-3-18(36(50)51)14-28(23)67-38)42-43-30-29(70(60,61)62)15-22-21(33(30)48)8-10-24(34(22)71(63,64)65)40-44-31-32(37(52)53)46-47(35(31)49)19-4-6-20(7-5-19)69(57,58)59/h3-10,13-16,48-49H,2,11-12H2,1H3,(H,50,51)(H,52,53)(H,54,55,56)(H,57,58,59)(H,60,61,62)(H,63,64,65). The lowest BCUT2D eigenvalue weighted by Gasteiger charge is -2.13. The second kappa shape index (κ2) is 19.2. The first-order valence-electron chi connectivity index (χ1n) is 19.1. The van der Waals surface area contributed by atoms with Crippen molar-refractivity contribution in [3.05, 3.63) is 89.6 Å². The van der Waals surface area contributed by atoms with E-state index >= 15 is 0 Å². The number of azo groups is 3. The zero-order chi connectivity index (χ0) is 52.0. The summed E-state index contributed by atoms with van der Waals surface area (Å²) in [5, 5.41) is 67.3. The maximum atomic E-state index is 12.9. The molecule has 0 saturated heterocycles. The lowest BCUT2D eigenvalue weighted by molar-refractivity contribution is 0.0682. The van der Waals surface area contributed by atoms with E-state index in [-0.39, 0.29) is 46.5 Å². The summed E-state index contributed by atoms with van der Waals surface area (Å²) in [7, 11) is -20.1. The van der Waals surface area contributed by atoms with Gasteiger partial charge in [0.2, 0.25) is 16.7 Å². The zero-order valence-electron chi connectivity index (χ0n) is 35.2. The number of phenols is 1. The molecule has 370 valence electrons. The molecule has 28 nitrogen and oxygen atoms in total. The zero-order valence-corrected chi connectivity index (χ0v) is 39.3. The van der Waals surface area contributed by atoms with E-state index in [0.717, 1.165) is 47.7 Å². The maximum absolute atomic E-state index is 12.9. The minimum atomic E-state index is -5.55. The Morgan fingerprint density at radius 3 is 1.97 bits per heavy atom. The van der Waals surface area contributed by atoms with E-state index in [9.17, 15) is 81.9 Å². The quantitative estimate of drug-likeness (QED) is 0.0250. The van der Waals surface area contributed by atoms with Crippen LogP contribution in [0.25, 0.3) is 26.7 Å². The van der Waals surface area contributed by atoms with E-state index in [2.05, 4.69) is 40.8 Å². The highest BCUT2D eigenvalue weighted by Crippen LogP contribution is 2.47. The Kier molecular flexibility index (Phi) is 13.8. The lowest BCUT2D eigenvalue weighted by Crippen LogP contribution is -2.08. The van der Waals surface area contributed by atoms with Crippen molar-refractivity contribution < 1.29 is 86.6 Å². The predicted octanol–water partition coefficient (Wildman–Crippen LogP) is 7.39. The summed E-state index contributed by atoms with van der Waals surface area (Å²) in [5.74, 6) is -6.12. The molecule has 0 bridgehead atoms. The fraction of sp³-hybridized carbons (Fsp3) is 0.105. The molecule has 8 N–H and O–H groups in total. The van der Waals surface area contributed by atoms with Crippen molar-refractivity contribution in [1.82, 2.24) is 14.8 Å². The molecule has 0 aliphatic carbocycles. The first-order valence-corrected chi connectivity index (χ1v) is 25.9. The van der Waals surface area contributed by atoms with Crippen LogP contribution in [0.15, 0.2) is 118 Å². The Bertz CT molecular complexity index is 3930. The number of phenolic OH excluding ortho intramolecular Hbond substituents is 1. The molecule has 7 rings (SSSR count). The fourth-order valence-corrected chi connectivity index (χ4v) is 9.64. The second-order valence-corrected chi connectivity index (χ2v) is 21.2. The third kappa shape index (κ3) is 11.3. The van der Waals surface area contributed by atoms with Crippen LogP contribution in [0.3, 0.4) is 0 Å². The van der Waals surface area contributed by atoms with Gasteiger partial charge in [-0.15, -0.1) is 30.7 Å².